The van der Waals surface area contributed by atoms with E-state index in [2.05, 4.69) is 33.7 Å². The van der Waals surface area contributed by atoms with Crippen LogP contribution in [0, 0.1) is 5.41 Å². The first-order valence-corrected chi connectivity index (χ1v) is 7.54. The summed E-state index contributed by atoms with van der Waals surface area (Å²) in [6.45, 7) is 7.15. The molecule has 0 bridgehead atoms. The molecule has 1 aliphatic heterocycles. The number of ether oxygens (including phenoxy) is 1. The average Bonchev–Trinajstić information content (AvgIpc) is 2.44. The molecule has 3 rings (SSSR count). The Bertz CT molecular complexity index is 453. The first-order valence-electron chi connectivity index (χ1n) is 7.54. The summed E-state index contributed by atoms with van der Waals surface area (Å²) < 4.78 is 5.88. The van der Waals surface area contributed by atoms with Crippen molar-refractivity contribution < 1.29 is 4.74 Å². The van der Waals surface area contributed by atoms with Crippen molar-refractivity contribution in [3.05, 3.63) is 12.3 Å². The summed E-state index contributed by atoms with van der Waals surface area (Å²) in [6, 6.07) is 1.86. The van der Waals surface area contributed by atoms with Crippen molar-refractivity contribution >= 4 is 5.95 Å². The molecular weight excluding hydrogens is 252 g/mol. The third-order valence-electron chi connectivity index (χ3n) is 4.53. The topological polar surface area (TPSA) is 41.5 Å². The maximum atomic E-state index is 5.88. The number of aromatic nitrogens is 2. The average molecular weight is 276 g/mol. The number of hydrogen-bond acceptors (Lipinski definition) is 5. The highest BCUT2D eigenvalue weighted by molar-refractivity contribution is 5.32. The quantitative estimate of drug-likeness (QED) is 0.839. The Hall–Kier alpha value is -1.36. The van der Waals surface area contributed by atoms with E-state index in [1.807, 2.05) is 6.07 Å². The van der Waals surface area contributed by atoms with E-state index >= 15 is 0 Å². The van der Waals surface area contributed by atoms with E-state index in [0.29, 0.717) is 11.3 Å². The van der Waals surface area contributed by atoms with Crippen molar-refractivity contribution in [1.82, 2.24) is 14.9 Å². The van der Waals surface area contributed by atoms with Crippen LogP contribution in [0.1, 0.15) is 26.2 Å². The highest BCUT2D eigenvalue weighted by atomic mass is 16.5. The SMILES string of the molecule is CN1CCN(c2nccc(OCC3(C)CCC3)n2)CC1. The minimum Gasteiger partial charge on any atom is -0.477 e. The smallest absolute Gasteiger partial charge is 0.228 e. The molecule has 1 saturated heterocycles. The van der Waals surface area contributed by atoms with Crippen LogP contribution in [0.3, 0.4) is 0 Å². The fourth-order valence-electron chi connectivity index (χ4n) is 2.74. The van der Waals surface area contributed by atoms with Gasteiger partial charge >= 0.3 is 0 Å². The zero-order valence-electron chi connectivity index (χ0n) is 12.5. The molecule has 1 saturated carbocycles. The summed E-state index contributed by atoms with van der Waals surface area (Å²) in [4.78, 5) is 13.5. The number of likely N-dealkylation sites (N-methyl/N-ethyl adjacent to an activating group) is 1. The standard InChI is InChI=1S/C15H24N4O/c1-15(5-3-6-15)12-20-13-4-7-16-14(17-13)19-10-8-18(2)9-11-19/h4,7H,3,5-6,8-12H2,1-2H3. The van der Waals surface area contributed by atoms with Gasteiger partial charge in [0.25, 0.3) is 0 Å². The molecule has 5 nitrogen and oxygen atoms in total. The third-order valence-corrected chi connectivity index (χ3v) is 4.53. The van der Waals surface area contributed by atoms with Crippen LogP contribution >= 0.6 is 0 Å². The predicted molar refractivity (Wildman–Crippen MR) is 79.2 cm³/mol. The van der Waals surface area contributed by atoms with Gasteiger partial charge in [-0.1, -0.05) is 13.3 Å². The second-order valence-corrected chi connectivity index (χ2v) is 6.44. The summed E-state index contributed by atoms with van der Waals surface area (Å²) in [5.41, 5.74) is 0.360. The molecule has 0 atom stereocenters. The van der Waals surface area contributed by atoms with Crippen molar-refractivity contribution in [3.8, 4) is 5.88 Å². The fourth-order valence-corrected chi connectivity index (χ4v) is 2.74. The minimum atomic E-state index is 0.360. The predicted octanol–water partition coefficient (Wildman–Crippen LogP) is 1.80. The summed E-state index contributed by atoms with van der Waals surface area (Å²) in [5.74, 6) is 1.51. The lowest BCUT2D eigenvalue weighted by atomic mass is 9.71. The van der Waals surface area contributed by atoms with Gasteiger partial charge in [-0.15, -0.1) is 0 Å². The number of piperazine rings is 1. The van der Waals surface area contributed by atoms with E-state index in [0.717, 1.165) is 38.7 Å². The van der Waals surface area contributed by atoms with Crippen LogP contribution in [0.4, 0.5) is 5.95 Å². The van der Waals surface area contributed by atoms with Gasteiger partial charge in [0.1, 0.15) is 0 Å². The maximum absolute atomic E-state index is 5.88. The molecule has 1 aromatic rings. The van der Waals surface area contributed by atoms with Gasteiger partial charge in [-0.25, -0.2) is 4.98 Å². The minimum absolute atomic E-state index is 0.360. The number of rotatable bonds is 4. The molecule has 0 spiro atoms. The molecule has 1 aromatic heterocycles. The van der Waals surface area contributed by atoms with Crippen LogP contribution in [0.15, 0.2) is 12.3 Å². The second kappa shape index (κ2) is 5.56. The summed E-state index contributed by atoms with van der Waals surface area (Å²) in [7, 11) is 2.15. The van der Waals surface area contributed by atoms with Gasteiger partial charge in [0.2, 0.25) is 11.8 Å². The largest absolute Gasteiger partial charge is 0.477 e. The molecule has 2 heterocycles. The zero-order valence-corrected chi connectivity index (χ0v) is 12.5. The molecule has 5 heteroatoms. The van der Waals surface area contributed by atoms with Gasteiger partial charge in [-0.05, 0) is 19.9 Å². The monoisotopic (exact) mass is 276 g/mol. The molecule has 0 unspecified atom stereocenters. The van der Waals surface area contributed by atoms with Crippen molar-refractivity contribution in [3.63, 3.8) is 0 Å². The summed E-state index contributed by atoms with van der Waals surface area (Å²) in [6.07, 6.45) is 5.67. The number of nitrogens with zero attached hydrogens (tertiary/aromatic N) is 4. The number of anilines is 1. The van der Waals surface area contributed by atoms with Crippen LogP contribution in [0.5, 0.6) is 5.88 Å². The zero-order chi connectivity index (χ0) is 14.0. The van der Waals surface area contributed by atoms with Crippen LogP contribution in [-0.4, -0.2) is 54.7 Å². The Labute approximate surface area is 121 Å². The molecule has 2 aliphatic rings. The van der Waals surface area contributed by atoms with Gasteiger partial charge < -0.3 is 14.5 Å². The van der Waals surface area contributed by atoms with E-state index in [1.165, 1.54) is 19.3 Å². The Morgan fingerprint density at radius 1 is 1.25 bits per heavy atom. The van der Waals surface area contributed by atoms with E-state index in [1.54, 1.807) is 6.20 Å². The van der Waals surface area contributed by atoms with E-state index < -0.39 is 0 Å². The Morgan fingerprint density at radius 2 is 2.00 bits per heavy atom. The third kappa shape index (κ3) is 3.03. The molecule has 0 aromatic carbocycles. The summed E-state index contributed by atoms with van der Waals surface area (Å²) in [5, 5.41) is 0. The van der Waals surface area contributed by atoms with Gasteiger partial charge in [0.05, 0.1) is 6.61 Å². The lowest BCUT2D eigenvalue weighted by molar-refractivity contribution is 0.0749. The molecular formula is C15H24N4O. The lowest BCUT2D eigenvalue weighted by Crippen LogP contribution is -2.45. The van der Waals surface area contributed by atoms with Crippen molar-refractivity contribution in [2.75, 3.05) is 44.7 Å². The van der Waals surface area contributed by atoms with Gasteiger partial charge in [0, 0.05) is 43.9 Å². The van der Waals surface area contributed by atoms with Crippen LogP contribution in [0.25, 0.3) is 0 Å². The molecule has 0 N–H and O–H groups in total. The van der Waals surface area contributed by atoms with Crippen molar-refractivity contribution in [2.24, 2.45) is 5.41 Å². The molecule has 20 heavy (non-hydrogen) atoms. The lowest BCUT2D eigenvalue weighted by Gasteiger charge is -2.37. The Morgan fingerprint density at radius 3 is 2.65 bits per heavy atom. The van der Waals surface area contributed by atoms with Gasteiger partial charge in [-0.3, -0.25) is 0 Å². The molecule has 110 valence electrons. The first kappa shape index (κ1) is 13.6. The van der Waals surface area contributed by atoms with E-state index in [-0.39, 0.29) is 0 Å². The van der Waals surface area contributed by atoms with Crippen molar-refractivity contribution in [2.45, 2.75) is 26.2 Å². The second-order valence-electron chi connectivity index (χ2n) is 6.44. The van der Waals surface area contributed by atoms with E-state index in [9.17, 15) is 0 Å². The van der Waals surface area contributed by atoms with Gasteiger partial charge in [0.15, 0.2) is 0 Å². The maximum Gasteiger partial charge on any atom is 0.228 e. The molecule has 0 amide bonds. The molecule has 0 radical (unpaired) electrons. The van der Waals surface area contributed by atoms with Gasteiger partial charge in [-0.2, -0.15) is 4.98 Å². The Balaban J connectivity index is 1.60. The molecule has 1 aliphatic carbocycles. The number of hydrogen-bond donors (Lipinski definition) is 0. The summed E-state index contributed by atoms with van der Waals surface area (Å²) >= 11 is 0. The highest BCUT2D eigenvalue weighted by Crippen LogP contribution is 2.40. The normalized spacial score (nSPS) is 22.4. The van der Waals surface area contributed by atoms with Crippen molar-refractivity contribution in [1.29, 1.82) is 0 Å². The fraction of sp³-hybridized carbons (Fsp3) is 0.733. The van der Waals surface area contributed by atoms with Crippen LogP contribution < -0.4 is 9.64 Å². The van der Waals surface area contributed by atoms with Crippen LogP contribution in [0.2, 0.25) is 0 Å². The highest BCUT2D eigenvalue weighted by Gasteiger charge is 2.32. The Kier molecular flexibility index (Phi) is 3.78. The molecule has 2 fully saturated rings. The first-order chi connectivity index (χ1) is 9.65. The van der Waals surface area contributed by atoms with Crippen LogP contribution in [-0.2, 0) is 0 Å². The van der Waals surface area contributed by atoms with E-state index in [4.69, 9.17) is 4.74 Å².